The number of nitrogens with zero attached hydrogens (tertiary/aromatic N) is 2. The molecule has 0 fully saturated rings. The van der Waals surface area contributed by atoms with E-state index >= 15 is 0 Å². The fraction of sp³-hybridized carbons (Fsp3) is 0.292. The van der Waals surface area contributed by atoms with E-state index in [-0.39, 0.29) is 18.0 Å². The molecule has 0 amide bonds. The molecular weight excluding hydrogens is 380 g/mol. The summed E-state index contributed by atoms with van der Waals surface area (Å²) in [5, 5.41) is 4.63. The molecule has 3 aromatic rings. The number of rotatable bonds is 7. The first-order chi connectivity index (χ1) is 14.3. The predicted molar refractivity (Wildman–Crippen MR) is 115 cm³/mol. The molecule has 0 aliphatic rings. The Labute approximate surface area is 176 Å². The van der Waals surface area contributed by atoms with Gasteiger partial charge in [-0.2, -0.15) is 5.10 Å². The molecule has 30 heavy (non-hydrogen) atoms. The molecule has 0 N–H and O–H groups in total. The zero-order valence-corrected chi connectivity index (χ0v) is 17.7. The number of carbonyl (C=O) groups excluding carboxylic acids is 2. The second-order valence-corrected chi connectivity index (χ2v) is 8.02. The average Bonchev–Trinajstić information content (AvgIpc) is 3.15. The molecule has 0 spiro atoms. The third-order valence-electron chi connectivity index (χ3n) is 4.70. The maximum Gasteiger partial charge on any atom is 0.342 e. The lowest BCUT2D eigenvalue weighted by molar-refractivity contribution is -0.129. The fourth-order valence-electron chi connectivity index (χ4n) is 2.89. The molecule has 0 bridgehead atoms. The van der Waals surface area contributed by atoms with E-state index < -0.39 is 11.4 Å². The van der Waals surface area contributed by atoms with E-state index in [2.05, 4.69) is 5.10 Å². The van der Waals surface area contributed by atoms with Gasteiger partial charge in [-0.1, -0.05) is 63.2 Å². The Morgan fingerprint density at radius 2 is 1.67 bits per heavy atom. The largest absolute Gasteiger partial charge is 0.496 e. The monoisotopic (exact) mass is 406 g/mol. The second-order valence-electron chi connectivity index (χ2n) is 8.02. The van der Waals surface area contributed by atoms with Crippen molar-refractivity contribution >= 4 is 11.8 Å². The molecule has 6 heteroatoms. The SMILES string of the molecule is COc1ccccc1-c1nn(Cc2ccccc2)cc1C(=O)OCC(=O)C(C)(C)C. The minimum atomic E-state index is -0.590. The van der Waals surface area contributed by atoms with Crippen molar-refractivity contribution in [1.82, 2.24) is 9.78 Å². The zero-order valence-electron chi connectivity index (χ0n) is 17.7. The Hall–Kier alpha value is -3.41. The van der Waals surface area contributed by atoms with Crippen molar-refractivity contribution in [3.05, 3.63) is 71.9 Å². The van der Waals surface area contributed by atoms with Crippen molar-refractivity contribution in [2.75, 3.05) is 13.7 Å². The summed E-state index contributed by atoms with van der Waals surface area (Å²) in [4.78, 5) is 25.1. The Morgan fingerprint density at radius 3 is 2.33 bits per heavy atom. The van der Waals surface area contributed by atoms with Gasteiger partial charge in [-0.05, 0) is 17.7 Å². The zero-order chi connectivity index (χ0) is 21.7. The highest BCUT2D eigenvalue weighted by atomic mass is 16.5. The molecule has 1 aromatic heterocycles. The smallest absolute Gasteiger partial charge is 0.342 e. The summed E-state index contributed by atoms with van der Waals surface area (Å²) in [6.45, 7) is 5.60. The summed E-state index contributed by atoms with van der Waals surface area (Å²) >= 11 is 0. The van der Waals surface area contributed by atoms with Crippen LogP contribution in [0.2, 0.25) is 0 Å². The third kappa shape index (κ3) is 4.95. The van der Waals surface area contributed by atoms with Crippen molar-refractivity contribution < 1.29 is 19.1 Å². The molecule has 2 aromatic carbocycles. The highest BCUT2D eigenvalue weighted by Gasteiger charge is 2.26. The highest BCUT2D eigenvalue weighted by Crippen LogP contribution is 2.31. The first-order valence-corrected chi connectivity index (χ1v) is 9.75. The number of carbonyl (C=O) groups is 2. The number of para-hydroxylation sites is 1. The van der Waals surface area contributed by atoms with Gasteiger partial charge in [-0.15, -0.1) is 0 Å². The molecule has 0 saturated heterocycles. The maximum absolute atomic E-state index is 12.9. The van der Waals surface area contributed by atoms with Crippen LogP contribution in [0.3, 0.4) is 0 Å². The molecule has 0 atom stereocenters. The van der Waals surface area contributed by atoms with Crippen LogP contribution < -0.4 is 4.74 Å². The number of methoxy groups -OCH3 is 1. The number of hydrogen-bond acceptors (Lipinski definition) is 5. The van der Waals surface area contributed by atoms with Crippen LogP contribution in [0.25, 0.3) is 11.3 Å². The average molecular weight is 406 g/mol. The summed E-state index contributed by atoms with van der Waals surface area (Å²) in [6.07, 6.45) is 1.65. The number of ether oxygens (including phenoxy) is 2. The van der Waals surface area contributed by atoms with Crippen LogP contribution in [0.15, 0.2) is 60.8 Å². The number of hydrogen-bond donors (Lipinski definition) is 0. The van der Waals surface area contributed by atoms with E-state index in [0.29, 0.717) is 23.6 Å². The summed E-state index contributed by atoms with van der Waals surface area (Å²) in [6, 6.07) is 17.2. The number of esters is 1. The Bertz CT molecular complexity index is 1030. The van der Waals surface area contributed by atoms with E-state index in [1.165, 1.54) is 0 Å². The lowest BCUT2D eigenvalue weighted by atomic mass is 9.91. The lowest BCUT2D eigenvalue weighted by Crippen LogP contribution is -2.26. The lowest BCUT2D eigenvalue weighted by Gasteiger charge is -2.16. The van der Waals surface area contributed by atoms with Gasteiger partial charge in [0.05, 0.1) is 13.7 Å². The highest BCUT2D eigenvalue weighted by molar-refractivity contribution is 5.98. The minimum Gasteiger partial charge on any atom is -0.496 e. The van der Waals surface area contributed by atoms with Gasteiger partial charge in [0.15, 0.2) is 12.4 Å². The molecule has 3 rings (SSSR count). The normalized spacial score (nSPS) is 11.2. The van der Waals surface area contributed by atoms with E-state index in [1.54, 1.807) is 38.8 Å². The van der Waals surface area contributed by atoms with Gasteiger partial charge in [0.25, 0.3) is 0 Å². The van der Waals surface area contributed by atoms with Crippen molar-refractivity contribution in [1.29, 1.82) is 0 Å². The molecule has 156 valence electrons. The summed E-state index contributed by atoms with van der Waals surface area (Å²) < 4.78 is 12.5. The number of benzene rings is 2. The molecule has 0 unspecified atom stereocenters. The molecule has 0 aliphatic heterocycles. The van der Waals surface area contributed by atoms with E-state index in [4.69, 9.17) is 9.47 Å². The van der Waals surface area contributed by atoms with Crippen molar-refractivity contribution in [2.24, 2.45) is 5.41 Å². The van der Waals surface area contributed by atoms with E-state index in [1.807, 2.05) is 54.6 Å². The van der Waals surface area contributed by atoms with Crippen LogP contribution in [0.1, 0.15) is 36.7 Å². The van der Waals surface area contributed by atoms with Crippen LogP contribution in [0, 0.1) is 5.41 Å². The van der Waals surface area contributed by atoms with Gasteiger partial charge in [0, 0.05) is 17.2 Å². The standard InChI is InChI=1S/C24H26N2O4/c1-24(2,3)21(27)16-30-23(28)19-15-26(14-17-10-6-5-7-11-17)25-22(19)18-12-8-9-13-20(18)29-4/h5-13,15H,14,16H2,1-4H3. The number of Topliss-reactive ketones (excluding diaryl/α,β-unsaturated/α-hetero) is 1. The molecule has 0 saturated carbocycles. The van der Waals surface area contributed by atoms with Gasteiger partial charge in [-0.3, -0.25) is 9.48 Å². The fourth-order valence-corrected chi connectivity index (χ4v) is 2.89. The van der Waals surface area contributed by atoms with Crippen molar-refractivity contribution in [2.45, 2.75) is 27.3 Å². The summed E-state index contributed by atoms with van der Waals surface area (Å²) in [5.74, 6) is -0.138. The van der Waals surface area contributed by atoms with Gasteiger partial charge < -0.3 is 9.47 Å². The second kappa shape index (κ2) is 8.95. The topological polar surface area (TPSA) is 70.4 Å². The van der Waals surface area contributed by atoms with E-state index in [0.717, 1.165) is 5.56 Å². The van der Waals surface area contributed by atoms with Crippen LogP contribution in [0.5, 0.6) is 5.75 Å². The quantitative estimate of drug-likeness (QED) is 0.545. The Morgan fingerprint density at radius 1 is 1.00 bits per heavy atom. The van der Waals surface area contributed by atoms with Gasteiger partial charge in [-0.25, -0.2) is 4.79 Å². The van der Waals surface area contributed by atoms with Gasteiger partial charge in [0.1, 0.15) is 17.0 Å². The number of aromatic nitrogens is 2. The molecule has 1 heterocycles. The molecule has 0 aliphatic carbocycles. The van der Waals surface area contributed by atoms with Crippen LogP contribution in [-0.2, 0) is 16.1 Å². The van der Waals surface area contributed by atoms with Crippen LogP contribution in [-0.4, -0.2) is 35.2 Å². The molecule has 6 nitrogen and oxygen atoms in total. The van der Waals surface area contributed by atoms with Gasteiger partial charge in [0.2, 0.25) is 0 Å². The van der Waals surface area contributed by atoms with Crippen molar-refractivity contribution in [3.63, 3.8) is 0 Å². The third-order valence-corrected chi connectivity index (χ3v) is 4.70. The first-order valence-electron chi connectivity index (χ1n) is 9.75. The predicted octanol–water partition coefficient (Wildman–Crippen LogP) is 4.38. The molecule has 0 radical (unpaired) electrons. The molecular formula is C24H26N2O4. The number of ketones is 1. The van der Waals surface area contributed by atoms with E-state index in [9.17, 15) is 9.59 Å². The minimum absolute atomic E-state index is 0.147. The van der Waals surface area contributed by atoms with Crippen molar-refractivity contribution in [3.8, 4) is 17.0 Å². The summed E-state index contributed by atoms with van der Waals surface area (Å²) in [7, 11) is 1.57. The Kier molecular flexibility index (Phi) is 6.35. The van der Waals surface area contributed by atoms with Crippen LogP contribution >= 0.6 is 0 Å². The van der Waals surface area contributed by atoms with Crippen LogP contribution in [0.4, 0.5) is 0 Å². The first kappa shape index (κ1) is 21.3. The summed E-state index contributed by atoms with van der Waals surface area (Å²) in [5.41, 5.74) is 1.90. The Balaban J connectivity index is 1.95. The van der Waals surface area contributed by atoms with Gasteiger partial charge >= 0.3 is 5.97 Å². The maximum atomic E-state index is 12.9.